The van der Waals surface area contributed by atoms with Crippen molar-refractivity contribution in [2.75, 3.05) is 19.5 Å². The molecule has 3 nitrogen and oxygen atoms in total. The van der Waals surface area contributed by atoms with Gasteiger partial charge in [0.1, 0.15) is 5.03 Å². The molecule has 0 aliphatic carbocycles. The Hall–Kier alpha value is -0.320. The molecule has 1 aromatic heterocycles. The highest BCUT2D eigenvalue weighted by molar-refractivity contribution is 7.99. The third kappa shape index (κ3) is 3.82. The van der Waals surface area contributed by atoms with E-state index in [2.05, 4.69) is 9.97 Å². The van der Waals surface area contributed by atoms with E-state index in [9.17, 15) is 0 Å². The van der Waals surface area contributed by atoms with Gasteiger partial charge in [0.15, 0.2) is 0 Å². The van der Waals surface area contributed by atoms with Crippen molar-refractivity contribution in [1.82, 2.24) is 9.97 Å². The lowest BCUT2D eigenvalue weighted by atomic mass is 10.4. The van der Waals surface area contributed by atoms with Crippen LogP contribution in [-0.2, 0) is 4.74 Å². The second-order valence-electron chi connectivity index (χ2n) is 2.82. The Morgan fingerprint density at radius 1 is 1.57 bits per heavy atom. The molecule has 0 amide bonds. The topological polar surface area (TPSA) is 35.0 Å². The van der Waals surface area contributed by atoms with Crippen LogP contribution in [0.15, 0.2) is 11.2 Å². The Kier molecular flexibility index (Phi) is 5.22. The summed E-state index contributed by atoms with van der Waals surface area (Å²) in [5.41, 5.74) is 1.07. The normalized spacial score (nSPS) is 10.5. The molecular weight excluding hydrogens is 220 g/mol. The van der Waals surface area contributed by atoms with Gasteiger partial charge in [-0.05, 0) is 30.5 Å². The molecule has 0 aliphatic heterocycles. The Labute approximate surface area is 93.2 Å². The molecule has 0 bridgehead atoms. The fraction of sp³-hybridized carbons (Fsp3) is 0.556. The summed E-state index contributed by atoms with van der Waals surface area (Å²) in [6.07, 6.45) is 2.76. The molecule has 0 saturated carbocycles. The van der Waals surface area contributed by atoms with Gasteiger partial charge in [0, 0.05) is 25.7 Å². The van der Waals surface area contributed by atoms with Crippen LogP contribution in [0.2, 0.25) is 5.28 Å². The zero-order valence-electron chi connectivity index (χ0n) is 8.29. The van der Waals surface area contributed by atoms with Crippen LogP contribution in [0.1, 0.15) is 12.0 Å². The average Bonchev–Trinajstić information content (AvgIpc) is 2.18. The highest BCUT2D eigenvalue weighted by Crippen LogP contribution is 2.20. The maximum Gasteiger partial charge on any atom is 0.223 e. The number of halogens is 1. The fourth-order valence-corrected chi connectivity index (χ4v) is 1.99. The smallest absolute Gasteiger partial charge is 0.223 e. The lowest BCUT2D eigenvalue weighted by molar-refractivity contribution is 0.200. The molecule has 0 fully saturated rings. The number of rotatable bonds is 5. The predicted octanol–water partition coefficient (Wildman–Crippen LogP) is 2.57. The molecule has 0 N–H and O–H groups in total. The van der Waals surface area contributed by atoms with Crippen LogP contribution < -0.4 is 0 Å². The summed E-state index contributed by atoms with van der Waals surface area (Å²) >= 11 is 7.38. The summed E-state index contributed by atoms with van der Waals surface area (Å²) in [7, 11) is 1.71. The third-order valence-electron chi connectivity index (χ3n) is 1.63. The molecule has 0 radical (unpaired) electrons. The van der Waals surface area contributed by atoms with Crippen molar-refractivity contribution in [2.45, 2.75) is 18.4 Å². The lowest BCUT2D eigenvalue weighted by Gasteiger charge is -2.03. The first kappa shape index (κ1) is 11.8. The van der Waals surface area contributed by atoms with Crippen molar-refractivity contribution in [3.63, 3.8) is 0 Å². The highest BCUT2D eigenvalue weighted by atomic mass is 35.5. The molecule has 1 heterocycles. The molecule has 0 spiro atoms. The number of aryl methyl sites for hydroxylation is 1. The molecule has 0 atom stereocenters. The van der Waals surface area contributed by atoms with Gasteiger partial charge in [0.2, 0.25) is 5.28 Å². The van der Waals surface area contributed by atoms with Gasteiger partial charge in [-0.2, -0.15) is 0 Å². The zero-order valence-corrected chi connectivity index (χ0v) is 9.86. The van der Waals surface area contributed by atoms with Gasteiger partial charge in [-0.15, -0.1) is 11.8 Å². The number of methoxy groups -OCH3 is 1. The molecule has 0 unspecified atom stereocenters. The SMILES string of the molecule is COCCCSc1nc(Cl)ncc1C. The van der Waals surface area contributed by atoms with E-state index in [1.807, 2.05) is 6.92 Å². The standard InChI is InChI=1S/C9H13ClN2OS/c1-7-6-11-9(10)12-8(7)14-5-3-4-13-2/h6H,3-5H2,1-2H3. The quantitative estimate of drug-likeness (QED) is 0.338. The van der Waals surface area contributed by atoms with E-state index in [1.165, 1.54) is 0 Å². The van der Waals surface area contributed by atoms with E-state index >= 15 is 0 Å². The Morgan fingerprint density at radius 3 is 3.07 bits per heavy atom. The zero-order chi connectivity index (χ0) is 10.4. The Morgan fingerprint density at radius 2 is 2.36 bits per heavy atom. The highest BCUT2D eigenvalue weighted by Gasteiger charge is 2.02. The molecule has 0 aliphatic rings. The van der Waals surface area contributed by atoms with E-state index in [1.54, 1.807) is 25.1 Å². The van der Waals surface area contributed by atoms with Crippen LogP contribution in [0.5, 0.6) is 0 Å². The molecule has 1 rings (SSSR count). The summed E-state index contributed by atoms with van der Waals surface area (Å²) in [6.45, 7) is 2.76. The summed E-state index contributed by atoms with van der Waals surface area (Å²) in [4.78, 5) is 8.05. The number of hydrogen-bond acceptors (Lipinski definition) is 4. The maximum absolute atomic E-state index is 5.70. The summed E-state index contributed by atoms with van der Waals surface area (Å²) < 4.78 is 4.96. The largest absolute Gasteiger partial charge is 0.385 e. The first-order valence-corrected chi connectivity index (χ1v) is 5.71. The van der Waals surface area contributed by atoms with Crippen molar-refractivity contribution in [1.29, 1.82) is 0 Å². The molecule has 0 aromatic carbocycles. The minimum absolute atomic E-state index is 0.310. The fourth-order valence-electron chi connectivity index (χ4n) is 0.924. The Balaban J connectivity index is 2.45. The van der Waals surface area contributed by atoms with E-state index in [-0.39, 0.29) is 0 Å². The monoisotopic (exact) mass is 232 g/mol. The Bertz CT molecular complexity index is 296. The van der Waals surface area contributed by atoms with Crippen molar-refractivity contribution >= 4 is 23.4 Å². The summed E-state index contributed by atoms with van der Waals surface area (Å²) in [6, 6.07) is 0. The van der Waals surface area contributed by atoms with Crippen LogP contribution in [0.4, 0.5) is 0 Å². The first-order chi connectivity index (χ1) is 6.74. The molecule has 0 saturated heterocycles. The van der Waals surface area contributed by atoms with Gasteiger partial charge < -0.3 is 4.74 Å². The van der Waals surface area contributed by atoms with Crippen molar-refractivity contribution < 1.29 is 4.74 Å². The molecule has 1 aromatic rings. The summed E-state index contributed by atoms with van der Waals surface area (Å²) in [5.74, 6) is 0.988. The van der Waals surface area contributed by atoms with Crippen LogP contribution in [-0.4, -0.2) is 29.4 Å². The van der Waals surface area contributed by atoms with E-state index < -0.39 is 0 Å². The van der Waals surface area contributed by atoms with Gasteiger partial charge >= 0.3 is 0 Å². The summed E-state index contributed by atoms with van der Waals surface area (Å²) in [5, 5.41) is 1.27. The number of aromatic nitrogens is 2. The molecule has 5 heteroatoms. The molecular formula is C9H13ClN2OS. The lowest BCUT2D eigenvalue weighted by Crippen LogP contribution is -1.93. The number of nitrogens with zero attached hydrogens (tertiary/aromatic N) is 2. The number of ether oxygens (including phenoxy) is 1. The van der Waals surface area contributed by atoms with Crippen LogP contribution in [0.3, 0.4) is 0 Å². The van der Waals surface area contributed by atoms with Crippen molar-refractivity contribution in [3.05, 3.63) is 17.0 Å². The predicted molar refractivity (Wildman–Crippen MR) is 59.0 cm³/mol. The molecule has 78 valence electrons. The van der Waals surface area contributed by atoms with Gasteiger partial charge in [-0.3, -0.25) is 0 Å². The van der Waals surface area contributed by atoms with Crippen LogP contribution >= 0.6 is 23.4 Å². The van der Waals surface area contributed by atoms with Crippen molar-refractivity contribution in [3.8, 4) is 0 Å². The van der Waals surface area contributed by atoms with E-state index in [4.69, 9.17) is 16.3 Å². The van der Waals surface area contributed by atoms with Gasteiger partial charge in [-0.25, -0.2) is 9.97 Å². The van der Waals surface area contributed by atoms with Crippen LogP contribution in [0.25, 0.3) is 0 Å². The number of thioether (sulfide) groups is 1. The van der Waals surface area contributed by atoms with E-state index in [0.717, 1.165) is 29.4 Å². The number of hydrogen-bond donors (Lipinski definition) is 0. The average molecular weight is 233 g/mol. The van der Waals surface area contributed by atoms with Gasteiger partial charge in [-0.1, -0.05) is 0 Å². The molecule has 14 heavy (non-hydrogen) atoms. The second kappa shape index (κ2) is 6.22. The van der Waals surface area contributed by atoms with Crippen molar-refractivity contribution in [2.24, 2.45) is 0 Å². The van der Waals surface area contributed by atoms with Crippen LogP contribution in [0, 0.1) is 6.92 Å². The minimum Gasteiger partial charge on any atom is -0.385 e. The van der Waals surface area contributed by atoms with Gasteiger partial charge in [0.25, 0.3) is 0 Å². The maximum atomic E-state index is 5.70. The second-order valence-corrected chi connectivity index (χ2v) is 4.24. The van der Waals surface area contributed by atoms with E-state index in [0.29, 0.717) is 5.28 Å². The minimum atomic E-state index is 0.310. The third-order valence-corrected chi connectivity index (χ3v) is 2.99. The first-order valence-electron chi connectivity index (χ1n) is 4.35. The van der Waals surface area contributed by atoms with Gasteiger partial charge in [0.05, 0.1) is 0 Å².